The molecule has 0 spiro atoms. The fourth-order valence-corrected chi connectivity index (χ4v) is 0.507. The minimum atomic E-state index is -0.558. The van der Waals surface area contributed by atoms with Gasteiger partial charge in [0.2, 0.25) is 5.91 Å². The zero-order valence-corrected chi connectivity index (χ0v) is 7.59. The van der Waals surface area contributed by atoms with Crippen LogP contribution in [0, 0.1) is 0 Å². The number of ether oxygens (including phenoxy) is 1. The van der Waals surface area contributed by atoms with Gasteiger partial charge in [-0.05, 0) is 6.92 Å². The molecule has 0 aliphatic rings. The van der Waals surface area contributed by atoms with Gasteiger partial charge in [-0.25, -0.2) is 4.79 Å². The van der Waals surface area contributed by atoms with Gasteiger partial charge in [-0.1, -0.05) is 0 Å². The lowest BCUT2D eigenvalue weighted by atomic mass is 10.5. The fraction of sp³-hybridized carbons (Fsp3) is 0.429. The van der Waals surface area contributed by atoms with Gasteiger partial charge in [-0.15, -0.1) is 0 Å². The average molecular weight is 187 g/mol. The summed E-state index contributed by atoms with van der Waals surface area (Å²) in [5.74, 6) is -0.841. The van der Waals surface area contributed by atoms with E-state index in [1.807, 2.05) is 0 Å². The molecule has 0 aliphatic carbocycles. The van der Waals surface area contributed by atoms with E-state index in [1.165, 1.54) is 6.92 Å². The van der Waals surface area contributed by atoms with E-state index in [4.69, 9.17) is 5.73 Å². The maximum absolute atomic E-state index is 10.8. The second-order valence-corrected chi connectivity index (χ2v) is 2.16. The van der Waals surface area contributed by atoms with Crippen LogP contribution < -0.4 is 16.6 Å². The number of rotatable bonds is 4. The first-order valence-corrected chi connectivity index (χ1v) is 3.72. The topological polar surface area (TPSA) is 93.4 Å². The normalized spacial score (nSPS) is 10.5. The van der Waals surface area contributed by atoms with Crippen LogP contribution in [-0.4, -0.2) is 18.5 Å². The number of nitrogens with two attached hydrogens (primary N) is 1. The van der Waals surface area contributed by atoms with Crippen molar-refractivity contribution in [2.24, 2.45) is 5.73 Å². The van der Waals surface area contributed by atoms with Crippen LogP contribution in [0.1, 0.15) is 13.8 Å². The van der Waals surface area contributed by atoms with Crippen molar-refractivity contribution in [3.8, 4) is 0 Å². The third-order valence-electron chi connectivity index (χ3n) is 0.943. The van der Waals surface area contributed by atoms with Crippen molar-refractivity contribution >= 4 is 11.9 Å². The summed E-state index contributed by atoms with van der Waals surface area (Å²) in [5, 5.41) is 0. The number of carbonyl (C=O) groups excluding carboxylic acids is 2. The minimum Gasteiger partial charge on any atom is -0.463 e. The van der Waals surface area contributed by atoms with Crippen molar-refractivity contribution in [3.05, 3.63) is 11.9 Å². The lowest BCUT2D eigenvalue weighted by Gasteiger charge is -2.05. The summed E-state index contributed by atoms with van der Waals surface area (Å²) in [4.78, 5) is 21.2. The van der Waals surface area contributed by atoms with Gasteiger partial charge in [0.05, 0.1) is 12.7 Å². The lowest BCUT2D eigenvalue weighted by Crippen LogP contribution is -2.38. The first kappa shape index (κ1) is 11.3. The summed E-state index contributed by atoms with van der Waals surface area (Å²) in [6, 6.07) is 0. The molecule has 74 valence electrons. The van der Waals surface area contributed by atoms with E-state index in [-0.39, 0.29) is 18.3 Å². The third-order valence-corrected chi connectivity index (χ3v) is 0.943. The summed E-state index contributed by atoms with van der Waals surface area (Å²) in [6.45, 7) is 3.27. The number of amides is 1. The monoisotopic (exact) mass is 187 g/mol. The van der Waals surface area contributed by atoms with Crippen LogP contribution in [0.25, 0.3) is 0 Å². The predicted octanol–water partition coefficient (Wildman–Crippen LogP) is -1.01. The number of hydrogen-bond donors (Lipinski definition) is 3. The molecular weight excluding hydrogens is 174 g/mol. The molecule has 6 heteroatoms. The molecule has 0 aliphatic heterocycles. The predicted molar refractivity (Wildman–Crippen MR) is 45.9 cm³/mol. The van der Waals surface area contributed by atoms with Crippen molar-refractivity contribution in [1.82, 2.24) is 10.9 Å². The van der Waals surface area contributed by atoms with Crippen LogP contribution in [0.5, 0.6) is 0 Å². The largest absolute Gasteiger partial charge is 0.463 e. The van der Waals surface area contributed by atoms with E-state index in [2.05, 4.69) is 15.6 Å². The van der Waals surface area contributed by atoms with Gasteiger partial charge in [-0.2, -0.15) is 0 Å². The summed E-state index contributed by atoms with van der Waals surface area (Å²) < 4.78 is 4.57. The zero-order chi connectivity index (χ0) is 10.3. The molecule has 0 fully saturated rings. The van der Waals surface area contributed by atoms with E-state index in [9.17, 15) is 9.59 Å². The molecule has 0 rings (SSSR count). The van der Waals surface area contributed by atoms with E-state index >= 15 is 0 Å². The summed E-state index contributed by atoms with van der Waals surface area (Å²) >= 11 is 0. The van der Waals surface area contributed by atoms with Crippen molar-refractivity contribution in [1.29, 1.82) is 0 Å². The molecule has 0 atom stereocenters. The van der Waals surface area contributed by atoms with Gasteiger partial charge in [0.1, 0.15) is 5.82 Å². The van der Waals surface area contributed by atoms with Crippen LogP contribution >= 0.6 is 0 Å². The Bertz CT molecular complexity index is 225. The second kappa shape index (κ2) is 5.87. The summed E-state index contributed by atoms with van der Waals surface area (Å²) in [5.41, 5.74) is 9.80. The molecule has 0 aromatic carbocycles. The van der Waals surface area contributed by atoms with Crippen molar-refractivity contribution in [2.75, 3.05) is 6.61 Å². The number of carbonyl (C=O) groups is 2. The summed E-state index contributed by atoms with van der Waals surface area (Å²) in [7, 11) is 0. The molecule has 13 heavy (non-hydrogen) atoms. The molecule has 1 amide bonds. The van der Waals surface area contributed by atoms with Crippen LogP contribution in [0.15, 0.2) is 11.9 Å². The highest BCUT2D eigenvalue weighted by molar-refractivity contribution is 5.82. The molecule has 0 radical (unpaired) electrons. The highest BCUT2D eigenvalue weighted by Crippen LogP contribution is 1.82. The Labute approximate surface area is 76.1 Å². The zero-order valence-electron chi connectivity index (χ0n) is 7.59. The van der Waals surface area contributed by atoms with E-state index in [1.54, 1.807) is 6.92 Å². The lowest BCUT2D eigenvalue weighted by molar-refractivity contribution is -0.137. The number of nitrogens with one attached hydrogen (secondary N) is 2. The Morgan fingerprint density at radius 1 is 1.46 bits per heavy atom. The van der Waals surface area contributed by atoms with Crippen LogP contribution in [0.3, 0.4) is 0 Å². The minimum absolute atomic E-state index is 0.0219. The maximum Gasteiger partial charge on any atom is 0.334 e. The first-order chi connectivity index (χ1) is 6.06. The Morgan fingerprint density at radius 3 is 2.54 bits per heavy atom. The van der Waals surface area contributed by atoms with Gasteiger partial charge in [0.15, 0.2) is 0 Å². The number of hydrogen-bond acceptors (Lipinski definition) is 5. The van der Waals surface area contributed by atoms with Gasteiger partial charge >= 0.3 is 5.97 Å². The van der Waals surface area contributed by atoms with E-state index in [0.717, 1.165) is 6.08 Å². The fourth-order valence-electron chi connectivity index (χ4n) is 0.507. The Morgan fingerprint density at radius 2 is 2.08 bits per heavy atom. The molecule has 4 N–H and O–H groups in total. The van der Waals surface area contributed by atoms with Gasteiger partial charge < -0.3 is 10.5 Å². The molecule has 0 aromatic rings. The van der Waals surface area contributed by atoms with E-state index in [0.29, 0.717) is 0 Å². The van der Waals surface area contributed by atoms with Crippen LogP contribution in [-0.2, 0) is 14.3 Å². The third kappa shape index (κ3) is 6.67. The molecule has 0 heterocycles. The summed E-state index contributed by atoms with van der Waals surface area (Å²) in [6.07, 6.45) is 1.04. The first-order valence-electron chi connectivity index (χ1n) is 3.72. The average Bonchev–Trinajstić information content (AvgIpc) is 2.01. The standard InChI is InChI=1S/C7H13N3O3/c1-3-13-7(12)4-6(8)10-9-5(2)11/h4,10H,3,8H2,1-2H3,(H,9,11)/b6-4-. The van der Waals surface area contributed by atoms with Gasteiger partial charge in [0, 0.05) is 6.92 Å². The van der Waals surface area contributed by atoms with Gasteiger partial charge in [0.25, 0.3) is 0 Å². The molecule has 0 saturated carbocycles. The van der Waals surface area contributed by atoms with Crippen molar-refractivity contribution in [3.63, 3.8) is 0 Å². The second-order valence-electron chi connectivity index (χ2n) is 2.16. The van der Waals surface area contributed by atoms with Crippen LogP contribution in [0.2, 0.25) is 0 Å². The molecule has 0 saturated heterocycles. The Hall–Kier alpha value is -1.72. The highest BCUT2D eigenvalue weighted by Gasteiger charge is 1.98. The molecule has 0 unspecified atom stereocenters. The van der Waals surface area contributed by atoms with Crippen LogP contribution in [0.4, 0.5) is 0 Å². The van der Waals surface area contributed by atoms with Gasteiger partial charge in [-0.3, -0.25) is 15.6 Å². The quantitative estimate of drug-likeness (QED) is 0.298. The Balaban J connectivity index is 3.87. The molecule has 0 bridgehead atoms. The molecule has 6 nitrogen and oxygen atoms in total. The Kier molecular flexibility index (Phi) is 5.09. The smallest absolute Gasteiger partial charge is 0.334 e. The SMILES string of the molecule is CCOC(=O)/C=C(/N)NNC(C)=O. The number of hydrazine groups is 1. The van der Waals surface area contributed by atoms with Crippen molar-refractivity contribution < 1.29 is 14.3 Å². The highest BCUT2D eigenvalue weighted by atomic mass is 16.5. The van der Waals surface area contributed by atoms with Crippen molar-refractivity contribution in [2.45, 2.75) is 13.8 Å². The number of esters is 1. The molecular formula is C7H13N3O3. The van der Waals surface area contributed by atoms with E-state index < -0.39 is 5.97 Å². The maximum atomic E-state index is 10.8. The molecule has 0 aromatic heterocycles.